The van der Waals surface area contributed by atoms with Gasteiger partial charge in [0.15, 0.2) is 17.3 Å². The van der Waals surface area contributed by atoms with Gasteiger partial charge in [0.05, 0.1) is 20.6 Å². The number of methoxy groups -OCH3 is 2. The molecular formula is C17H23N3O6S. The molecule has 148 valence electrons. The van der Waals surface area contributed by atoms with Crippen LogP contribution in [0.25, 0.3) is 0 Å². The van der Waals surface area contributed by atoms with Crippen LogP contribution in [0.3, 0.4) is 0 Å². The Morgan fingerprint density at radius 1 is 1.15 bits per heavy atom. The maximum atomic E-state index is 12.3. The number of hydrogen-bond acceptors (Lipinski definition) is 7. The summed E-state index contributed by atoms with van der Waals surface area (Å²) in [6.07, 6.45) is 0.136. The Labute approximate surface area is 158 Å². The summed E-state index contributed by atoms with van der Waals surface area (Å²) >= 11 is 0. The van der Waals surface area contributed by atoms with E-state index in [0.29, 0.717) is 11.5 Å². The van der Waals surface area contributed by atoms with Crippen molar-refractivity contribution in [3.8, 4) is 11.5 Å². The SMILES string of the molecule is COc1ccc(CC(=O)NCCNS(=O)(=O)c2c(C)noc2C)cc1OC. The van der Waals surface area contributed by atoms with E-state index < -0.39 is 10.0 Å². The maximum Gasteiger partial charge on any atom is 0.246 e. The third-order valence-corrected chi connectivity index (χ3v) is 5.49. The molecule has 1 aromatic carbocycles. The van der Waals surface area contributed by atoms with Gasteiger partial charge in [0, 0.05) is 13.1 Å². The van der Waals surface area contributed by atoms with Crippen molar-refractivity contribution in [3.05, 3.63) is 35.2 Å². The quantitative estimate of drug-likeness (QED) is 0.604. The van der Waals surface area contributed by atoms with E-state index in [1.54, 1.807) is 25.1 Å². The molecule has 0 saturated heterocycles. The molecule has 2 N–H and O–H groups in total. The van der Waals surface area contributed by atoms with Crippen LogP contribution in [0, 0.1) is 13.8 Å². The average Bonchev–Trinajstić information content (AvgIpc) is 2.97. The zero-order chi connectivity index (χ0) is 20.0. The third-order valence-electron chi connectivity index (χ3n) is 3.79. The first-order chi connectivity index (χ1) is 12.8. The second-order valence-corrected chi connectivity index (χ2v) is 7.47. The molecule has 9 nitrogen and oxygen atoms in total. The first-order valence-electron chi connectivity index (χ1n) is 8.18. The lowest BCUT2D eigenvalue weighted by Crippen LogP contribution is -2.35. The number of carbonyl (C=O) groups is 1. The van der Waals surface area contributed by atoms with Gasteiger partial charge in [-0.15, -0.1) is 0 Å². The van der Waals surface area contributed by atoms with Crippen molar-refractivity contribution in [1.29, 1.82) is 0 Å². The van der Waals surface area contributed by atoms with Crippen molar-refractivity contribution in [2.24, 2.45) is 0 Å². The lowest BCUT2D eigenvalue weighted by Gasteiger charge is -2.10. The first kappa shape index (κ1) is 20.7. The molecule has 0 aliphatic rings. The zero-order valence-electron chi connectivity index (χ0n) is 15.7. The molecule has 0 spiro atoms. The van der Waals surface area contributed by atoms with Gasteiger partial charge in [-0.2, -0.15) is 0 Å². The molecule has 2 rings (SSSR count). The van der Waals surface area contributed by atoms with Gasteiger partial charge in [-0.1, -0.05) is 11.2 Å². The Hall–Kier alpha value is -2.59. The maximum absolute atomic E-state index is 12.3. The standard InChI is InChI=1S/C17H23N3O6S/c1-11-17(12(2)26-20-11)27(22,23)19-8-7-18-16(21)10-13-5-6-14(24-3)15(9-13)25-4/h5-6,9,19H,7-8,10H2,1-4H3,(H,18,21). The predicted molar refractivity (Wildman–Crippen MR) is 97.4 cm³/mol. The monoisotopic (exact) mass is 397 g/mol. The molecule has 10 heteroatoms. The second kappa shape index (κ2) is 8.87. The third kappa shape index (κ3) is 5.20. The largest absolute Gasteiger partial charge is 0.493 e. The van der Waals surface area contributed by atoms with E-state index in [0.717, 1.165) is 5.56 Å². The molecule has 0 radical (unpaired) electrons. The van der Waals surface area contributed by atoms with Gasteiger partial charge in [-0.25, -0.2) is 13.1 Å². The van der Waals surface area contributed by atoms with Crippen molar-refractivity contribution in [1.82, 2.24) is 15.2 Å². The molecule has 0 unspecified atom stereocenters. The van der Waals surface area contributed by atoms with Gasteiger partial charge >= 0.3 is 0 Å². The summed E-state index contributed by atoms with van der Waals surface area (Å²) in [5.41, 5.74) is 1.04. The van der Waals surface area contributed by atoms with Crippen molar-refractivity contribution in [2.75, 3.05) is 27.3 Å². The van der Waals surface area contributed by atoms with Gasteiger partial charge in [0.25, 0.3) is 0 Å². The number of ether oxygens (including phenoxy) is 2. The predicted octanol–water partition coefficient (Wildman–Crippen LogP) is 0.946. The Morgan fingerprint density at radius 2 is 1.85 bits per heavy atom. The fourth-order valence-electron chi connectivity index (χ4n) is 2.56. The summed E-state index contributed by atoms with van der Waals surface area (Å²) in [7, 11) is -0.684. The molecule has 0 aliphatic heterocycles. The molecule has 0 aliphatic carbocycles. The average molecular weight is 397 g/mol. The van der Waals surface area contributed by atoms with E-state index in [4.69, 9.17) is 14.0 Å². The van der Waals surface area contributed by atoms with Crippen LogP contribution in [0.4, 0.5) is 0 Å². The summed E-state index contributed by atoms with van der Waals surface area (Å²) in [6.45, 7) is 3.27. The Balaban J connectivity index is 1.84. The van der Waals surface area contributed by atoms with E-state index in [9.17, 15) is 13.2 Å². The number of sulfonamides is 1. The summed E-state index contributed by atoms with van der Waals surface area (Å²) in [4.78, 5) is 12.1. The van der Waals surface area contributed by atoms with Gasteiger partial charge < -0.3 is 19.3 Å². The Morgan fingerprint density at radius 3 is 2.44 bits per heavy atom. The van der Waals surface area contributed by atoms with Crippen LogP contribution >= 0.6 is 0 Å². The zero-order valence-corrected chi connectivity index (χ0v) is 16.5. The highest BCUT2D eigenvalue weighted by molar-refractivity contribution is 7.89. The van der Waals surface area contributed by atoms with Gasteiger partial charge in [0.2, 0.25) is 15.9 Å². The molecule has 1 heterocycles. The van der Waals surface area contributed by atoms with Gasteiger partial charge in [-0.05, 0) is 31.5 Å². The Bertz CT molecular complexity index is 888. The van der Waals surface area contributed by atoms with E-state index in [1.165, 1.54) is 21.1 Å². The number of aryl methyl sites for hydroxylation is 2. The molecule has 0 atom stereocenters. The minimum absolute atomic E-state index is 0.0270. The molecule has 0 fully saturated rings. The van der Waals surface area contributed by atoms with Crippen LogP contribution in [0.5, 0.6) is 11.5 Å². The van der Waals surface area contributed by atoms with Crippen molar-refractivity contribution >= 4 is 15.9 Å². The number of nitrogens with one attached hydrogen (secondary N) is 2. The normalized spacial score (nSPS) is 11.3. The van der Waals surface area contributed by atoms with Crippen molar-refractivity contribution in [3.63, 3.8) is 0 Å². The van der Waals surface area contributed by atoms with E-state index in [1.807, 2.05) is 0 Å². The highest BCUT2D eigenvalue weighted by atomic mass is 32.2. The number of rotatable bonds is 9. The number of benzene rings is 1. The van der Waals surface area contributed by atoms with Crippen LogP contribution in [0.15, 0.2) is 27.6 Å². The van der Waals surface area contributed by atoms with Crippen molar-refractivity contribution in [2.45, 2.75) is 25.2 Å². The van der Waals surface area contributed by atoms with Crippen LogP contribution in [0.2, 0.25) is 0 Å². The molecule has 1 aromatic heterocycles. The highest BCUT2D eigenvalue weighted by Crippen LogP contribution is 2.27. The summed E-state index contributed by atoms with van der Waals surface area (Å²) in [5, 5.41) is 6.30. The highest BCUT2D eigenvalue weighted by Gasteiger charge is 2.23. The molecule has 0 bridgehead atoms. The molecule has 1 amide bonds. The molecule has 27 heavy (non-hydrogen) atoms. The fraction of sp³-hybridized carbons (Fsp3) is 0.412. The smallest absolute Gasteiger partial charge is 0.246 e. The van der Waals surface area contributed by atoms with Crippen LogP contribution in [0.1, 0.15) is 17.0 Å². The van der Waals surface area contributed by atoms with E-state index >= 15 is 0 Å². The van der Waals surface area contributed by atoms with Crippen LogP contribution in [-0.2, 0) is 21.2 Å². The summed E-state index contributed by atoms with van der Waals surface area (Å²) in [5.74, 6) is 1.10. The summed E-state index contributed by atoms with van der Waals surface area (Å²) in [6, 6.07) is 5.21. The number of nitrogens with zero attached hydrogens (tertiary/aromatic N) is 1. The molecule has 0 saturated carbocycles. The molecule has 2 aromatic rings. The Kier molecular flexibility index (Phi) is 6.81. The first-order valence-corrected chi connectivity index (χ1v) is 9.67. The van der Waals surface area contributed by atoms with Gasteiger partial charge in [-0.3, -0.25) is 4.79 Å². The van der Waals surface area contributed by atoms with Crippen LogP contribution in [-0.4, -0.2) is 46.8 Å². The minimum Gasteiger partial charge on any atom is -0.493 e. The second-order valence-electron chi connectivity index (χ2n) is 5.77. The number of amides is 1. The number of hydrogen-bond donors (Lipinski definition) is 2. The van der Waals surface area contributed by atoms with Crippen LogP contribution < -0.4 is 19.5 Å². The summed E-state index contributed by atoms with van der Waals surface area (Å²) < 4.78 is 42.1. The minimum atomic E-state index is -3.74. The topological polar surface area (TPSA) is 120 Å². The fourth-order valence-corrected chi connectivity index (χ4v) is 3.91. The lowest BCUT2D eigenvalue weighted by molar-refractivity contribution is -0.120. The number of carbonyl (C=O) groups excluding carboxylic acids is 1. The van der Waals surface area contributed by atoms with E-state index in [-0.39, 0.29) is 41.8 Å². The van der Waals surface area contributed by atoms with Gasteiger partial charge in [0.1, 0.15) is 10.6 Å². The lowest BCUT2D eigenvalue weighted by atomic mass is 10.1. The van der Waals surface area contributed by atoms with Crippen molar-refractivity contribution < 1.29 is 27.2 Å². The molecular weight excluding hydrogens is 374 g/mol. The van der Waals surface area contributed by atoms with E-state index in [2.05, 4.69) is 15.2 Å². The number of aromatic nitrogens is 1.